The van der Waals surface area contributed by atoms with Crippen molar-refractivity contribution in [2.24, 2.45) is 10.4 Å². The molecule has 0 aromatic heterocycles. The summed E-state index contributed by atoms with van der Waals surface area (Å²) in [6, 6.07) is 18.5. The van der Waals surface area contributed by atoms with Gasteiger partial charge < -0.3 is 20.3 Å². The van der Waals surface area contributed by atoms with E-state index in [2.05, 4.69) is 41.0 Å². The summed E-state index contributed by atoms with van der Waals surface area (Å²) in [5.41, 5.74) is 2.72. The normalized spacial score (nSPS) is 14.2. The Morgan fingerprint density at radius 1 is 1.03 bits per heavy atom. The van der Waals surface area contributed by atoms with Gasteiger partial charge in [-0.25, -0.2) is 4.99 Å². The predicted molar refractivity (Wildman–Crippen MR) is 136 cm³/mol. The van der Waals surface area contributed by atoms with Crippen LogP contribution in [0.25, 0.3) is 0 Å². The van der Waals surface area contributed by atoms with Crippen LogP contribution in [0.1, 0.15) is 24.0 Å². The van der Waals surface area contributed by atoms with Gasteiger partial charge in [0.15, 0.2) is 5.96 Å². The van der Waals surface area contributed by atoms with E-state index in [-0.39, 0.29) is 41.8 Å². The first-order valence-corrected chi connectivity index (χ1v) is 10.4. The van der Waals surface area contributed by atoms with Crippen molar-refractivity contribution in [1.29, 1.82) is 0 Å². The Bertz CT molecular complexity index is 850. The maximum Gasteiger partial charge on any atom is 0.241 e. The van der Waals surface area contributed by atoms with E-state index in [9.17, 15) is 4.79 Å². The van der Waals surface area contributed by atoms with Crippen LogP contribution >= 0.6 is 24.0 Å². The van der Waals surface area contributed by atoms with Gasteiger partial charge in [0.25, 0.3) is 0 Å². The molecule has 0 bridgehead atoms. The van der Waals surface area contributed by atoms with Crippen molar-refractivity contribution in [3.63, 3.8) is 0 Å². The Balaban J connectivity index is 0.00000341. The zero-order valence-electron chi connectivity index (χ0n) is 18.6. The summed E-state index contributed by atoms with van der Waals surface area (Å²) in [4.78, 5) is 18.3. The first-order chi connectivity index (χ1) is 14.5. The molecule has 2 aromatic rings. The second-order valence-corrected chi connectivity index (χ2v) is 8.17. The lowest BCUT2D eigenvalue weighted by Gasteiger charge is -2.20. The third kappa shape index (κ3) is 8.05. The fraction of sp³-hybridized carbons (Fsp3) is 0.417. The lowest BCUT2D eigenvalue weighted by Crippen LogP contribution is -2.44. The number of hydrogen-bond donors (Lipinski definition) is 2. The minimum absolute atomic E-state index is 0. The van der Waals surface area contributed by atoms with Crippen molar-refractivity contribution in [3.8, 4) is 5.75 Å². The third-order valence-corrected chi connectivity index (χ3v) is 5.49. The first kappa shape index (κ1) is 25.0. The SMILES string of the molecule is COc1ccc(CN=C(NCC(=O)N(C)C)NCC2(Cc3ccccc3)CC2)cc1.I. The van der Waals surface area contributed by atoms with Crippen LogP contribution in [0.4, 0.5) is 0 Å². The first-order valence-electron chi connectivity index (χ1n) is 10.4. The van der Waals surface area contributed by atoms with E-state index in [4.69, 9.17) is 9.73 Å². The molecule has 2 N–H and O–H groups in total. The number of rotatable bonds is 9. The summed E-state index contributed by atoms with van der Waals surface area (Å²) in [6.07, 6.45) is 3.47. The maximum absolute atomic E-state index is 12.0. The van der Waals surface area contributed by atoms with Gasteiger partial charge in [0.2, 0.25) is 5.91 Å². The highest BCUT2D eigenvalue weighted by molar-refractivity contribution is 14.0. The van der Waals surface area contributed by atoms with Crippen LogP contribution in [0.2, 0.25) is 0 Å². The van der Waals surface area contributed by atoms with Gasteiger partial charge in [0.1, 0.15) is 5.75 Å². The standard InChI is InChI=1S/C24H32N4O2.HI/c1-28(2)22(29)17-26-23(25-16-20-9-11-21(30-3)12-10-20)27-18-24(13-14-24)15-19-7-5-4-6-8-19;/h4-12H,13-18H2,1-3H3,(H2,25,26,27);1H. The van der Waals surface area contributed by atoms with Crippen LogP contribution < -0.4 is 15.4 Å². The number of likely N-dealkylation sites (N-methyl/N-ethyl adjacent to an activating group) is 1. The van der Waals surface area contributed by atoms with Gasteiger partial charge in [-0.1, -0.05) is 42.5 Å². The highest BCUT2D eigenvalue weighted by Gasteiger charge is 2.42. The summed E-state index contributed by atoms with van der Waals surface area (Å²) in [5.74, 6) is 1.51. The number of carbonyl (C=O) groups excluding carboxylic acids is 1. The Kier molecular flexibility index (Phi) is 9.61. The fourth-order valence-electron chi connectivity index (χ4n) is 3.29. The number of amides is 1. The lowest BCUT2D eigenvalue weighted by molar-refractivity contribution is -0.127. The van der Waals surface area contributed by atoms with Crippen LogP contribution in [-0.4, -0.2) is 51.1 Å². The minimum atomic E-state index is 0. The zero-order valence-corrected chi connectivity index (χ0v) is 20.9. The van der Waals surface area contributed by atoms with Gasteiger partial charge in [0, 0.05) is 20.6 Å². The fourth-order valence-corrected chi connectivity index (χ4v) is 3.29. The zero-order chi connectivity index (χ0) is 21.4. The van der Waals surface area contributed by atoms with Crippen molar-refractivity contribution in [2.75, 3.05) is 34.3 Å². The molecule has 0 aliphatic heterocycles. The van der Waals surface area contributed by atoms with Crippen LogP contribution in [0.5, 0.6) is 5.75 Å². The van der Waals surface area contributed by atoms with Crippen LogP contribution in [-0.2, 0) is 17.8 Å². The molecule has 0 radical (unpaired) electrons. The van der Waals surface area contributed by atoms with E-state index in [1.165, 1.54) is 18.4 Å². The molecule has 1 saturated carbocycles. The number of nitrogens with zero attached hydrogens (tertiary/aromatic N) is 2. The summed E-state index contributed by atoms with van der Waals surface area (Å²) in [6.45, 7) is 1.58. The van der Waals surface area contributed by atoms with Crippen LogP contribution in [0, 0.1) is 5.41 Å². The molecule has 0 atom stereocenters. The number of benzene rings is 2. The quantitative estimate of drug-likeness (QED) is 0.293. The number of guanidine groups is 1. The van der Waals surface area contributed by atoms with Crippen molar-refractivity contribution >= 4 is 35.8 Å². The molecule has 168 valence electrons. The molecular formula is C24H33IN4O2. The number of methoxy groups -OCH3 is 1. The van der Waals surface area contributed by atoms with Crippen LogP contribution in [0.15, 0.2) is 59.6 Å². The molecule has 2 aromatic carbocycles. The molecule has 0 unspecified atom stereocenters. The van der Waals surface area contributed by atoms with E-state index in [0.29, 0.717) is 12.5 Å². The Hall–Kier alpha value is -2.29. The summed E-state index contributed by atoms with van der Waals surface area (Å²) in [7, 11) is 5.17. The molecule has 1 aliphatic rings. The number of halogens is 1. The topological polar surface area (TPSA) is 66.0 Å². The number of carbonyl (C=O) groups is 1. The largest absolute Gasteiger partial charge is 0.497 e. The summed E-state index contributed by atoms with van der Waals surface area (Å²) in [5, 5.41) is 6.65. The van der Waals surface area contributed by atoms with E-state index >= 15 is 0 Å². The Morgan fingerprint density at radius 3 is 2.29 bits per heavy atom. The van der Waals surface area contributed by atoms with Gasteiger partial charge in [0.05, 0.1) is 20.2 Å². The molecule has 0 heterocycles. The molecule has 1 fully saturated rings. The van der Waals surface area contributed by atoms with E-state index in [1.807, 2.05) is 24.3 Å². The van der Waals surface area contributed by atoms with Gasteiger partial charge in [-0.15, -0.1) is 24.0 Å². The van der Waals surface area contributed by atoms with Crippen molar-refractivity contribution in [1.82, 2.24) is 15.5 Å². The number of aliphatic imine (C=N–C) groups is 1. The molecule has 31 heavy (non-hydrogen) atoms. The van der Waals surface area contributed by atoms with Crippen molar-refractivity contribution in [3.05, 3.63) is 65.7 Å². The monoisotopic (exact) mass is 536 g/mol. The van der Waals surface area contributed by atoms with Crippen LogP contribution in [0.3, 0.4) is 0 Å². The number of ether oxygens (including phenoxy) is 1. The third-order valence-electron chi connectivity index (χ3n) is 5.49. The molecule has 7 heteroatoms. The molecular weight excluding hydrogens is 503 g/mol. The molecule has 0 saturated heterocycles. The summed E-state index contributed by atoms with van der Waals surface area (Å²) < 4.78 is 5.21. The number of hydrogen-bond acceptors (Lipinski definition) is 3. The molecule has 1 amide bonds. The second-order valence-electron chi connectivity index (χ2n) is 8.17. The molecule has 3 rings (SSSR count). The smallest absolute Gasteiger partial charge is 0.241 e. The maximum atomic E-state index is 12.0. The Labute approximate surface area is 202 Å². The average molecular weight is 536 g/mol. The van der Waals surface area contributed by atoms with Gasteiger partial charge in [-0.3, -0.25) is 4.79 Å². The molecule has 1 aliphatic carbocycles. The number of nitrogens with one attached hydrogen (secondary N) is 2. The lowest BCUT2D eigenvalue weighted by atomic mass is 9.96. The van der Waals surface area contributed by atoms with Gasteiger partial charge in [-0.2, -0.15) is 0 Å². The van der Waals surface area contributed by atoms with E-state index in [1.54, 1.807) is 26.1 Å². The highest BCUT2D eigenvalue weighted by Crippen LogP contribution is 2.47. The second kappa shape index (κ2) is 11.9. The Morgan fingerprint density at radius 2 is 1.71 bits per heavy atom. The summed E-state index contributed by atoms with van der Waals surface area (Å²) >= 11 is 0. The molecule has 0 spiro atoms. The van der Waals surface area contributed by atoms with Gasteiger partial charge in [-0.05, 0) is 47.9 Å². The van der Waals surface area contributed by atoms with E-state index in [0.717, 1.165) is 24.3 Å². The highest BCUT2D eigenvalue weighted by atomic mass is 127. The van der Waals surface area contributed by atoms with Crippen molar-refractivity contribution < 1.29 is 9.53 Å². The van der Waals surface area contributed by atoms with E-state index < -0.39 is 0 Å². The minimum Gasteiger partial charge on any atom is -0.497 e. The average Bonchev–Trinajstić information content (AvgIpc) is 3.53. The molecule has 6 nitrogen and oxygen atoms in total. The van der Waals surface area contributed by atoms with Crippen molar-refractivity contribution in [2.45, 2.75) is 25.8 Å². The van der Waals surface area contributed by atoms with Gasteiger partial charge >= 0.3 is 0 Å². The predicted octanol–water partition coefficient (Wildman–Crippen LogP) is 3.46.